The van der Waals surface area contributed by atoms with Gasteiger partial charge in [-0.3, -0.25) is 4.79 Å². The van der Waals surface area contributed by atoms with Crippen LogP contribution in [-0.2, 0) is 0 Å². The summed E-state index contributed by atoms with van der Waals surface area (Å²) in [5, 5.41) is 5.29. The van der Waals surface area contributed by atoms with Crippen LogP contribution in [0.2, 0.25) is 0 Å². The topological polar surface area (TPSA) is 55.1 Å². The van der Waals surface area contributed by atoms with E-state index < -0.39 is 0 Å². The Labute approximate surface area is 130 Å². The van der Waals surface area contributed by atoms with E-state index in [0.29, 0.717) is 23.9 Å². The summed E-state index contributed by atoms with van der Waals surface area (Å²) in [6.07, 6.45) is 5.89. The first kappa shape index (κ1) is 15.8. The van der Waals surface area contributed by atoms with Crippen LogP contribution < -0.4 is 11.1 Å². The molecule has 2 aliphatic rings. The van der Waals surface area contributed by atoms with Crippen molar-refractivity contribution in [1.82, 2.24) is 5.32 Å². The van der Waals surface area contributed by atoms with Crippen molar-refractivity contribution >= 4 is 29.7 Å². The summed E-state index contributed by atoms with van der Waals surface area (Å²) in [6, 6.07) is 2.70. The number of amides is 1. The van der Waals surface area contributed by atoms with Crippen molar-refractivity contribution in [1.29, 1.82) is 0 Å². The minimum Gasteiger partial charge on any atom is -0.348 e. The van der Waals surface area contributed by atoms with Gasteiger partial charge in [-0.05, 0) is 61.5 Å². The Balaban J connectivity index is 0.00000147. The van der Waals surface area contributed by atoms with E-state index in [-0.39, 0.29) is 18.3 Å². The lowest BCUT2D eigenvalue weighted by molar-refractivity contribution is 0.0759. The molecule has 0 aromatic carbocycles. The van der Waals surface area contributed by atoms with E-state index in [4.69, 9.17) is 5.73 Å². The van der Waals surface area contributed by atoms with Crippen LogP contribution in [0.15, 0.2) is 11.4 Å². The van der Waals surface area contributed by atoms with Crippen LogP contribution in [0.4, 0.5) is 0 Å². The van der Waals surface area contributed by atoms with E-state index in [2.05, 4.69) is 5.32 Å². The maximum absolute atomic E-state index is 12.4. The van der Waals surface area contributed by atoms with Gasteiger partial charge < -0.3 is 11.1 Å². The van der Waals surface area contributed by atoms with Crippen molar-refractivity contribution in [2.45, 2.75) is 51.1 Å². The van der Waals surface area contributed by atoms with E-state index in [1.54, 1.807) is 0 Å². The molecule has 2 fully saturated rings. The maximum atomic E-state index is 12.4. The van der Waals surface area contributed by atoms with Crippen molar-refractivity contribution in [3.63, 3.8) is 0 Å². The molecule has 20 heavy (non-hydrogen) atoms. The highest BCUT2D eigenvalue weighted by Gasteiger charge is 2.40. The summed E-state index contributed by atoms with van der Waals surface area (Å²) >= 11 is 1.54. The summed E-state index contributed by atoms with van der Waals surface area (Å²) < 4.78 is 0. The first-order chi connectivity index (χ1) is 9.15. The van der Waals surface area contributed by atoms with Gasteiger partial charge in [-0.2, -0.15) is 0 Å². The summed E-state index contributed by atoms with van der Waals surface area (Å²) in [5.74, 6) is 1.29. The number of carbonyl (C=O) groups is 1. The zero-order valence-electron chi connectivity index (χ0n) is 11.8. The third kappa shape index (κ3) is 3.02. The van der Waals surface area contributed by atoms with Gasteiger partial charge in [0.05, 0.1) is 4.88 Å². The highest BCUT2D eigenvalue weighted by molar-refractivity contribution is 7.12. The molecule has 0 radical (unpaired) electrons. The molecule has 2 bridgehead atoms. The monoisotopic (exact) mass is 314 g/mol. The lowest BCUT2D eigenvalue weighted by Crippen LogP contribution is -2.53. The lowest BCUT2D eigenvalue weighted by Gasteiger charge is -2.45. The molecule has 3 N–H and O–H groups in total. The zero-order valence-corrected chi connectivity index (χ0v) is 13.4. The van der Waals surface area contributed by atoms with Gasteiger partial charge in [0.15, 0.2) is 0 Å². The number of thiophene rings is 1. The first-order valence-electron chi connectivity index (χ1n) is 7.25. The van der Waals surface area contributed by atoms with Gasteiger partial charge in [-0.25, -0.2) is 0 Å². The summed E-state index contributed by atoms with van der Waals surface area (Å²) in [4.78, 5) is 13.2. The third-order valence-electron chi connectivity index (χ3n) is 4.74. The predicted octanol–water partition coefficient (Wildman–Crippen LogP) is 3.11. The molecule has 1 heterocycles. The van der Waals surface area contributed by atoms with Crippen LogP contribution in [0.25, 0.3) is 0 Å². The molecule has 3 rings (SSSR count). The Morgan fingerprint density at radius 3 is 2.55 bits per heavy atom. The van der Waals surface area contributed by atoms with Gasteiger partial charge in [-0.15, -0.1) is 23.7 Å². The molecule has 0 aliphatic heterocycles. The van der Waals surface area contributed by atoms with Crippen LogP contribution in [0.5, 0.6) is 0 Å². The number of rotatable bonds is 2. The Hall–Kier alpha value is -0.580. The molecule has 0 saturated heterocycles. The minimum absolute atomic E-state index is 0. The normalized spacial score (nSPS) is 32.3. The number of hydrogen-bond acceptors (Lipinski definition) is 3. The molecular weight excluding hydrogens is 292 g/mol. The number of fused-ring (bicyclic) bond motifs is 2. The molecule has 1 aromatic rings. The van der Waals surface area contributed by atoms with Crippen LogP contribution in [0, 0.1) is 18.8 Å². The number of hydrogen-bond donors (Lipinski definition) is 2. The van der Waals surface area contributed by atoms with Crippen LogP contribution in [0.3, 0.4) is 0 Å². The molecule has 1 amide bonds. The Morgan fingerprint density at radius 1 is 1.35 bits per heavy atom. The first-order valence-corrected chi connectivity index (χ1v) is 8.13. The number of nitrogens with two attached hydrogens (primary N) is 1. The van der Waals surface area contributed by atoms with E-state index in [1.165, 1.54) is 30.6 Å². The number of nitrogens with one attached hydrogen (secondary N) is 1. The fraction of sp³-hybridized carbons (Fsp3) is 0.667. The largest absolute Gasteiger partial charge is 0.348 e. The number of carbonyl (C=O) groups excluding carboxylic acids is 1. The minimum atomic E-state index is 0. The molecule has 5 heteroatoms. The molecule has 1 aromatic heterocycles. The molecule has 3 nitrogen and oxygen atoms in total. The molecule has 0 spiro atoms. The molecule has 112 valence electrons. The van der Waals surface area contributed by atoms with Gasteiger partial charge >= 0.3 is 0 Å². The summed E-state index contributed by atoms with van der Waals surface area (Å²) in [7, 11) is 0. The van der Waals surface area contributed by atoms with Crippen molar-refractivity contribution < 1.29 is 4.79 Å². The number of halogens is 1. The maximum Gasteiger partial charge on any atom is 0.261 e. The lowest BCUT2D eigenvalue weighted by atomic mass is 9.67. The van der Waals surface area contributed by atoms with Gasteiger partial charge in [0, 0.05) is 12.1 Å². The van der Waals surface area contributed by atoms with Crippen molar-refractivity contribution in [3.05, 3.63) is 21.9 Å². The average Bonchev–Trinajstić information content (AvgIpc) is 2.76. The van der Waals surface area contributed by atoms with Gasteiger partial charge in [0.25, 0.3) is 5.91 Å². The zero-order chi connectivity index (χ0) is 13.4. The van der Waals surface area contributed by atoms with E-state index >= 15 is 0 Å². The highest BCUT2D eigenvalue weighted by Crippen LogP contribution is 2.39. The van der Waals surface area contributed by atoms with E-state index in [0.717, 1.165) is 23.3 Å². The van der Waals surface area contributed by atoms with E-state index in [9.17, 15) is 4.79 Å². The fourth-order valence-electron chi connectivity index (χ4n) is 3.85. The fourth-order valence-corrected chi connectivity index (χ4v) is 4.68. The van der Waals surface area contributed by atoms with Gasteiger partial charge in [-0.1, -0.05) is 6.42 Å². The smallest absolute Gasteiger partial charge is 0.261 e. The highest BCUT2D eigenvalue weighted by atomic mass is 35.5. The van der Waals surface area contributed by atoms with Crippen LogP contribution in [0.1, 0.15) is 47.3 Å². The van der Waals surface area contributed by atoms with E-state index in [1.807, 2.05) is 18.4 Å². The van der Waals surface area contributed by atoms with Gasteiger partial charge in [0.1, 0.15) is 0 Å². The number of aryl methyl sites for hydroxylation is 1. The second-order valence-corrected chi connectivity index (χ2v) is 7.03. The quantitative estimate of drug-likeness (QED) is 0.881. The SMILES string of the molecule is Cc1ccsc1C(=O)NC1C2CCCC1CC(N)C2.Cl. The molecule has 2 unspecified atom stereocenters. The predicted molar refractivity (Wildman–Crippen MR) is 85.6 cm³/mol. The summed E-state index contributed by atoms with van der Waals surface area (Å²) in [5.41, 5.74) is 7.21. The van der Waals surface area contributed by atoms with Gasteiger partial charge in [0.2, 0.25) is 0 Å². The van der Waals surface area contributed by atoms with Crippen LogP contribution in [-0.4, -0.2) is 18.0 Å². The molecule has 2 atom stereocenters. The molecule has 2 aliphatic carbocycles. The Bertz CT molecular complexity index is 462. The second-order valence-electron chi connectivity index (χ2n) is 6.11. The van der Waals surface area contributed by atoms with Crippen molar-refractivity contribution in [3.8, 4) is 0 Å². The standard InChI is InChI=1S/C15H22N2OS.ClH/c1-9-5-6-19-14(9)15(18)17-13-10-3-2-4-11(13)8-12(16)7-10;/h5-6,10-13H,2-4,7-8,16H2,1H3,(H,17,18);1H. The molecular formula is C15H23ClN2OS. The molecule has 2 saturated carbocycles. The van der Waals surface area contributed by atoms with Crippen LogP contribution >= 0.6 is 23.7 Å². The van der Waals surface area contributed by atoms with Crippen molar-refractivity contribution in [2.75, 3.05) is 0 Å². The Morgan fingerprint density at radius 2 is 2.00 bits per heavy atom. The average molecular weight is 315 g/mol. The third-order valence-corrected chi connectivity index (χ3v) is 5.76. The second kappa shape index (κ2) is 6.46. The van der Waals surface area contributed by atoms with Crippen molar-refractivity contribution in [2.24, 2.45) is 17.6 Å². The summed E-state index contributed by atoms with van der Waals surface area (Å²) in [6.45, 7) is 2.00. The Kier molecular flexibility index (Phi) is 5.10.